The molecule has 0 spiro atoms. The molecule has 122 valence electrons. The van der Waals surface area contributed by atoms with Crippen LogP contribution in [-0.4, -0.2) is 22.5 Å². The van der Waals surface area contributed by atoms with Gasteiger partial charge in [-0.2, -0.15) is 0 Å². The maximum atomic E-state index is 12.9. The van der Waals surface area contributed by atoms with E-state index in [2.05, 4.69) is 4.98 Å². The molecule has 1 amide bonds. The van der Waals surface area contributed by atoms with E-state index in [1.165, 1.54) is 4.90 Å². The standard InChI is InChI=1S/C19H18N2O3/c1-3-21(13-9-5-4-6-10-13)19(24)16-17(22)15-12(2)8-7-11-14(15)20-18(16)23/h4-11H,3H2,1-2H3,(H2,20,22,23). The highest BCUT2D eigenvalue weighted by atomic mass is 16.3. The number of H-pyrrole nitrogens is 1. The Labute approximate surface area is 139 Å². The smallest absolute Gasteiger partial charge is 0.267 e. The Kier molecular flexibility index (Phi) is 4.08. The van der Waals surface area contributed by atoms with Crippen LogP contribution in [-0.2, 0) is 0 Å². The summed E-state index contributed by atoms with van der Waals surface area (Å²) < 4.78 is 0. The number of anilines is 1. The zero-order valence-electron chi connectivity index (χ0n) is 13.5. The molecular weight excluding hydrogens is 304 g/mol. The first-order valence-corrected chi connectivity index (χ1v) is 7.76. The van der Waals surface area contributed by atoms with E-state index in [9.17, 15) is 14.7 Å². The number of hydrogen-bond acceptors (Lipinski definition) is 3. The van der Waals surface area contributed by atoms with E-state index < -0.39 is 11.5 Å². The van der Waals surface area contributed by atoms with Crippen molar-refractivity contribution in [2.45, 2.75) is 13.8 Å². The number of hydrogen-bond donors (Lipinski definition) is 2. The van der Waals surface area contributed by atoms with Crippen LogP contribution in [0.4, 0.5) is 5.69 Å². The first-order chi connectivity index (χ1) is 11.5. The second-order valence-electron chi connectivity index (χ2n) is 5.56. The molecule has 5 heteroatoms. The third kappa shape index (κ3) is 2.54. The molecule has 5 nitrogen and oxygen atoms in total. The lowest BCUT2D eigenvalue weighted by molar-refractivity contribution is 0.0984. The number of fused-ring (bicyclic) bond motifs is 1. The number of amides is 1. The Bertz CT molecular complexity index is 962. The summed E-state index contributed by atoms with van der Waals surface area (Å²) in [4.78, 5) is 29.5. The summed E-state index contributed by atoms with van der Waals surface area (Å²) in [6, 6.07) is 14.4. The molecule has 0 bridgehead atoms. The minimum absolute atomic E-state index is 0.234. The Morgan fingerprint density at radius 1 is 1.12 bits per heavy atom. The summed E-state index contributed by atoms with van der Waals surface area (Å²) in [5.41, 5.74) is 1.15. The fourth-order valence-corrected chi connectivity index (χ4v) is 2.89. The van der Waals surface area contributed by atoms with Crippen molar-refractivity contribution in [1.82, 2.24) is 4.98 Å². The van der Waals surface area contributed by atoms with Gasteiger partial charge in [-0.15, -0.1) is 0 Å². The van der Waals surface area contributed by atoms with Gasteiger partial charge in [0, 0.05) is 17.6 Å². The highest BCUT2D eigenvalue weighted by Gasteiger charge is 2.25. The van der Waals surface area contributed by atoms with Crippen molar-refractivity contribution in [2.75, 3.05) is 11.4 Å². The Balaban J connectivity index is 2.20. The number of rotatable bonds is 3. The summed E-state index contributed by atoms with van der Waals surface area (Å²) in [5.74, 6) is -0.793. The predicted octanol–water partition coefficient (Wildman–Crippen LogP) is 3.21. The molecule has 2 aromatic carbocycles. The molecule has 0 saturated carbocycles. The fourth-order valence-electron chi connectivity index (χ4n) is 2.89. The van der Waals surface area contributed by atoms with Crippen molar-refractivity contribution in [3.05, 3.63) is 70.0 Å². The summed E-state index contributed by atoms with van der Waals surface area (Å²) in [5, 5.41) is 11.1. The number of aromatic nitrogens is 1. The second kappa shape index (κ2) is 6.20. The minimum Gasteiger partial charge on any atom is -0.506 e. The third-order valence-electron chi connectivity index (χ3n) is 4.06. The molecule has 0 aliphatic heterocycles. The van der Waals surface area contributed by atoms with Gasteiger partial charge in [-0.3, -0.25) is 9.59 Å². The molecule has 1 heterocycles. The molecule has 0 unspecified atom stereocenters. The van der Waals surface area contributed by atoms with Crippen LogP contribution in [0.1, 0.15) is 22.8 Å². The SMILES string of the molecule is CCN(C(=O)c1c(O)c2c(C)cccc2[nH]c1=O)c1ccccc1. The lowest BCUT2D eigenvalue weighted by Crippen LogP contribution is -2.34. The van der Waals surface area contributed by atoms with Crippen LogP contribution in [0.5, 0.6) is 5.75 Å². The Morgan fingerprint density at radius 2 is 1.83 bits per heavy atom. The molecule has 0 aliphatic rings. The van der Waals surface area contributed by atoms with Crippen LogP contribution >= 0.6 is 0 Å². The van der Waals surface area contributed by atoms with E-state index in [0.29, 0.717) is 23.1 Å². The average molecular weight is 322 g/mol. The number of carbonyl (C=O) groups excluding carboxylic acids is 1. The number of nitrogens with zero attached hydrogens (tertiary/aromatic N) is 1. The van der Waals surface area contributed by atoms with Crippen molar-refractivity contribution in [3.8, 4) is 5.75 Å². The molecule has 0 radical (unpaired) electrons. The van der Waals surface area contributed by atoms with Crippen LogP contribution in [0.25, 0.3) is 10.9 Å². The molecule has 3 aromatic rings. The molecule has 2 N–H and O–H groups in total. The van der Waals surface area contributed by atoms with E-state index in [0.717, 1.165) is 5.56 Å². The third-order valence-corrected chi connectivity index (χ3v) is 4.06. The van der Waals surface area contributed by atoms with Gasteiger partial charge in [-0.1, -0.05) is 30.3 Å². The highest BCUT2D eigenvalue weighted by molar-refractivity contribution is 6.10. The summed E-state index contributed by atoms with van der Waals surface area (Å²) in [6.07, 6.45) is 0. The number of carbonyl (C=O) groups is 1. The van der Waals surface area contributed by atoms with E-state index in [1.54, 1.807) is 24.3 Å². The molecule has 3 rings (SSSR count). The number of aryl methyl sites for hydroxylation is 1. The fraction of sp³-hybridized carbons (Fsp3) is 0.158. The van der Waals surface area contributed by atoms with Crippen molar-refractivity contribution in [2.24, 2.45) is 0 Å². The highest BCUT2D eigenvalue weighted by Crippen LogP contribution is 2.29. The largest absolute Gasteiger partial charge is 0.506 e. The lowest BCUT2D eigenvalue weighted by atomic mass is 10.0. The zero-order valence-corrected chi connectivity index (χ0v) is 13.5. The van der Waals surface area contributed by atoms with Crippen LogP contribution in [0.2, 0.25) is 0 Å². The van der Waals surface area contributed by atoms with Gasteiger partial charge in [-0.05, 0) is 37.6 Å². The minimum atomic E-state index is -0.593. The molecule has 1 aromatic heterocycles. The monoisotopic (exact) mass is 322 g/mol. The van der Waals surface area contributed by atoms with Gasteiger partial charge in [0.25, 0.3) is 11.5 Å². The summed E-state index contributed by atoms with van der Waals surface area (Å²) >= 11 is 0. The number of benzene rings is 2. The first kappa shape index (κ1) is 15.8. The van der Waals surface area contributed by atoms with Crippen LogP contribution < -0.4 is 10.5 Å². The number of aromatic amines is 1. The van der Waals surface area contributed by atoms with E-state index in [-0.39, 0.29) is 11.3 Å². The number of nitrogens with one attached hydrogen (secondary N) is 1. The predicted molar refractivity (Wildman–Crippen MR) is 94.8 cm³/mol. The number of pyridine rings is 1. The van der Waals surface area contributed by atoms with Gasteiger partial charge in [-0.25, -0.2) is 0 Å². The molecule has 0 atom stereocenters. The second-order valence-corrected chi connectivity index (χ2v) is 5.56. The molecule has 24 heavy (non-hydrogen) atoms. The Hall–Kier alpha value is -3.08. The average Bonchev–Trinajstić information content (AvgIpc) is 2.56. The molecule has 0 fully saturated rings. The van der Waals surface area contributed by atoms with E-state index in [1.807, 2.05) is 38.1 Å². The quantitative estimate of drug-likeness (QED) is 0.777. The van der Waals surface area contributed by atoms with Gasteiger partial charge in [0.2, 0.25) is 0 Å². The van der Waals surface area contributed by atoms with Gasteiger partial charge in [0.1, 0.15) is 11.3 Å². The van der Waals surface area contributed by atoms with Crippen molar-refractivity contribution in [1.29, 1.82) is 0 Å². The van der Waals surface area contributed by atoms with Crippen molar-refractivity contribution >= 4 is 22.5 Å². The molecule has 0 saturated heterocycles. The first-order valence-electron chi connectivity index (χ1n) is 7.76. The zero-order chi connectivity index (χ0) is 17.3. The number of para-hydroxylation sites is 1. The van der Waals surface area contributed by atoms with Gasteiger partial charge >= 0.3 is 0 Å². The van der Waals surface area contributed by atoms with E-state index in [4.69, 9.17) is 0 Å². The van der Waals surface area contributed by atoms with Crippen LogP contribution in [0, 0.1) is 6.92 Å². The maximum Gasteiger partial charge on any atom is 0.267 e. The van der Waals surface area contributed by atoms with Gasteiger partial charge in [0.05, 0.1) is 5.52 Å². The maximum absolute atomic E-state index is 12.9. The normalized spacial score (nSPS) is 10.8. The van der Waals surface area contributed by atoms with Crippen LogP contribution in [0.15, 0.2) is 53.3 Å². The lowest BCUT2D eigenvalue weighted by Gasteiger charge is -2.21. The topological polar surface area (TPSA) is 73.4 Å². The van der Waals surface area contributed by atoms with Crippen molar-refractivity contribution in [3.63, 3.8) is 0 Å². The van der Waals surface area contributed by atoms with Gasteiger partial charge < -0.3 is 15.0 Å². The Morgan fingerprint density at radius 3 is 2.50 bits per heavy atom. The summed E-state index contributed by atoms with van der Waals surface area (Å²) in [7, 11) is 0. The van der Waals surface area contributed by atoms with E-state index >= 15 is 0 Å². The summed E-state index contributed by atoms with van der Waals surface area (Å²) in [6.45, 7) is 4.03. The van der Waals surface area contributed by atoms with Gasteiger partial charge in [0.15, 0.2) is 0 Å². The molecule has 0 aliphatic carbocycles. The molecular formula is C19H18N2O3. The van der Waals surface area contributed by atoms with Crippen LogP contribution in [0.3, 0.4) is 0 Å². The number of aromatic hydroxyl groups is 1. The van der Waals surface area contributed by atoms with Crippen molar-refractivity contribution < 1.29 is 9.90 Å².